The molecule has 0 bridgehead atoms. The van der Waals surface area contributed by atoms with Gasteiger partial charge in [-0.2, -0.15) is 0 Å². The van der Waals surface area contributed by atoms with Crippen molar-refractivity contribution in [3.05, 3.63) is 38.8 Å². The van der Waals surface area contributed by atoms with Crippen molar-refractivity contribution in [2.45, 2.75) is 37.8 Å². The average molecular weight is 360 g/mol. The molecule has 1 aromatic heterocycles. The zero-order valence-corrected chi connectivity index (χ0v) is 14.3. The summed E-state index contributed by atoms with van der Waals surface area (Å²) in [6.45, 7) is 2.48. The quantitative estimate of drug-likeness (QED) is 0.783. The number of halogens is 1. The van der Waals surface area contributed by atoms with Gasteiger partial charge in [0.2, 0.25) is 0 Å². The van der Waals surface area contributed by atoms with Gasteiger partial charge in [0.15, 0.2) is 0 Å². The van der Waals surface area contributed by atoms with E-state index in [2.05, 4.69) is 5.32 Å². The van der Waals surface area contributed by atoms with Gasteiger partial charge in [0.1, 0.15) is 5.82 Å². The molecule has 0 radical (unpaired) electrons. The maximum atomic E-state index is 14.8. The Balaban J connectivity index is 1.67. The maximum absolute atomic E-state index is 14.8. The van der Waals surface area contributed by atoms with Crippen LogP contribution in [0.5, 0.6) is 0 Å². The van der Waals surface area contributed by atoms with E-state index < -0.39 is 17.1 Å². The monoisotopic (exact) mass is 360 g/mol. The van der Waals surface area contributed by atoms with Gasteiger partial charge in [-0.1, -0.05) is 4.73 Å². The molecule has 1 aromatic carbocycles. The van der Waals surface area contributed by atoms with Gasteiger partial charge in [-0.15, -0.1) is 0 Å². The molecule has 3 fully saturated rings. The third kappa shape index (κ3) is 2.28. The third-order valence-electron chi connectivity index (χ3n) is 5.99. The number of hydrogen-bond acceptors (Lipinski definition) is 5. The Morgan fingerprint density at radius 3 is 2.69 bits per heavy atom. The van der Waals surface area contributed by atoms with Gasteiger partial charge in [-0.05, 0) is 50.3 Å². The van der Waals surface area contributed by atoms with Crippen LogP contribution in [0.3, 0.4) is 0 Å². The number of rotatable bonds is 2. The van der Waals surface area contributed by atoms with Crippen LogP contribution < -0.4 is 21.5 Å². The molecule has 0 spiro atoms. The summed E-state index contributed by atoms with van der Waals surface area (Å²) in [5, 5.41) is 13.3. The number of nitrogens with zero attached hydrogens (tertiary/aromatic N) is 3. The normalized spacial score (nSPS) is 25.7. The molecule has 8 heteroatoms. The minimum Gasteiger partial charge on any atom is -0.421 e. The summed E-state index contributed by atoms with van der Waals surface area (Å²) in [7, 11) is 0. The molecule has 138 valence electrons. The second-order valence-electron chi connectivity index (χ2n) is 7.69. The van der Waals surface area contributed by atoms with E-state index in [1.807, 2.05) is 4.90 Å². The standard InChI is InChI=1S/C18H21FN4O3/c19-13-6-12-15(22(11-3-4-11)18(25)23(26)17(12)24)7-16(13)21-8-10-2-1-5-20-14(10)9-21/h6-7,10-11,14,20,26H,1-5,8-9H2. The van der Waals surface area contributed by atoms with Crippen LogP contribution in [0.25, 0.3) is 10.9 Å². The molecule has 2 aliphatic heterocycles. The lowest BCUT2D eigenvalue weighted by molar-refractivity contribution is 0.157. The highest BCUT2D eigenvalue weighted by Crippen LogP contribution is 2.37. The molecule has 2 saturated heterocycles. The molecule has 3 aliphatic rings. The Labute approximate surface area is 148 Å². The summed E-state index contributed by atoms with van der Waals surface area (Å²) >= 11 is 0. The zero-order valence-electron chi connectivity index (χ0n) is 14.3. The van der Waals surface area contributed by atoms with Gasteiger partial charge in [-0.3, -0.25) is 9.36 Å². The molecule has 2 N–H and O–H groups in total. The predicted molar refractivity (Wildman–Crippen MR) is 94.6 cm³/mol. The average Bonchev–Trinajstić information content (AvgIpc) is 3.37. The molecule has 26 heavy (non-hydrogen) atoms. The molecular weight excluding hydrogens is 339 g/mol. The molecule has 2 aromatic rings. The summed E-state index contributed by atoms with van der Waals surface area (Å²) in [5.41, 5.74) is -0.784. The van der Waals surface area contributed by atoms with Gasteiger partial charge in [0.05, 0.1) is 16.6 Å². The minimum absolute atomic E-state index is 0.0369. The lowest BCUT2D eigenvalue weighted by Gasteiger charge is -2.24. The van der Waals surface area contributed by atoms with E-state index in [9.17, 15) is 19.2 Å². The Kier molecular flexibility index (Phi) is 3.40. The van der Waals surface area contributed by atoms with Gasteiger partial charge in [0.25, 0.3) is 5.56 Å². The molecular formula is C18H21FN4O3. The van der Waals surface area contributed by atoms with E-state index >= 15 is 0 Å². The van der Waals surface area contributed by atoms with Crippen molar-refractivity contribution >= 4 is 16.6 Å². The molecule has 0 amide bonds. The molecule has 1 saturated carbocycles. The van der Waals surface area contributed by atoms with Crippen LogP contribution >= 0.6 is 0 Å². The van der Waals surface area contributed by atoms with Crippen LogP contribution in [0.1, 0.15) is 31.7 Å². The van der Waals surface area contributed by atoms with Crippen molar-refractivity contribution in [1.82, 2.24) is 14.6 Å². The lowest BCUT2D eigenvalue weighted by Crippen LogP contribution is -2.40. The number of anilines is 1. The highest BCUT2D eigenvalue weighted by Gasteiger charge is 2.36. The van der Waals surface area contributed by atoms with E-state index in [1.54, 1.807) is 6.07 Å². The Morgan fingerprint density at radius 2 is 1.96 bits per heavy atom. The number of nitrogens with one attached hydrogen (secondary N) is 1. The first-order chi connectivity index (χ1) is 12.5. The second kappa shape index (κ2) is 5.57. The smallest absolute Gasteiger partial charge is 0.365 e. The summed E-state index contributed by atoms with van der Waals surface area (Å²) < 4.78 is 16.4. The number of fused-ring (bicyclic) bond motifs is 2. The van der Waals surface area contributed by atoms with Crippen LogP contribution in [0.2, 0.25) is 0 Å². The van der Waals surface area contributed by atoms with Crippen LogP contribution in [0, 0.1) is 11.7 Å². The summed E-state index contributed by atoms with van der Waals surface area (Å²) in [6, 6.07) is 3.09. The first kappa shape index (κ1) is 15.9. The Hall–Kier alpha value is -2.35. The van der Waals surface area contributed by atoms with E-state index in [4.69, 9.17) is 0 Å². The molecule has 3 heterocycles. The number of aromatic nitrogens is 2. The van der Waals surface area contributed by atoms with Crippen molar-refractivity contribution in [3.8, 4) is 0 Å². The number of benzene rings is 1. The van der Waals surface area contributed by atoms with E-state index in [0.717, 1.165) is 51.4 Å². The van der Waals surface area contributed by atoms with Gasteiger partial charge >= 0.3 is 5.69 Å². The lowest BCUT2D eigenvalue weighted by atomic mass is 9.94. The molecule has 2 atom stereocenters. The fraction of sp³-hybridized carbons (Fsp3) is 0.556. The predicted octanol–water partition coefficient (Wildman–Crippen LogP) is 1.06. The van der Waals surface area contributed by atoms with Crippen LogP contribution in [-0.4, -0.2) is 40.2 Å². The summed E-state index contributed by atoms with van der Waals surface area (Å²) in [4.78, 5) is 26.6. The first-order valence-corrected chi connectivity index (χ1v) is 9.23. The van der Waals surface area contributed by atoms with Crippen molar-refractivity contribution in [2.24, 2.45) is 5.92 Å². The van der Waals surface area contributed by atoms with E-state index in [0.29, 0.717) is 23.2 Å². The zero-order chi connectivity index (χ0) is 18.0. The van der Waals surface area contributed by atoms with Crippen molar-refractivity contribution in [3.63, 3.8) is 0 Å². The number of hydrogen-bond donors (Lipinski definition) is 2. The fourth-order valence-electron chi connectivity index (χ4n) is 4.50. The molecule has 5 rings (SSSR count). The molecule has 1 aliphatic carbocycles. The topological polar surface area (TPSA) is 79.5 Å². The highest BCUT2D eigenvalue weighted by atomic mass is 19.1. The maximum Gasteiger partial charge on any atom is 0.365 e. The Bertz CT molecular complexity index is 996. The van der Waals surface area contributed by atoms with E-state index in [-0.39, 0.29) is 16.2 Å². The van der Waals surface area contributed by atoms with Gasteiger partial charge in [-0.25, -0.2) is 9.18 Å². The summed E-state index contributed by atoms with van der Waals surface area (Å²) in [6.07, 6.45) is 3.90. The van der Waals surface area contributed by atoms with Crippen LogP contribution in [-0.2, 0) is 0 Å². The second-order valence-corrected chi connectivity index (χ2v) is 7.69. The van der Waals surface area contributed by atoms with Gasteiger partial charge in [0, 0.05) is 25.2 Å². The molecule has 7 nitrogen and oxygen atoms in total. The molecule has 2 unspecified atom stereocenters. The van der Waals surface area contributed by atoms with Crippen molar-refractivity contribution in [1.29, 1.82) is 0 Å². The fourth-order valence-corrected chi connectivity index (χ4v) is 4.50. The number of piperidine rings is 1. The minimum atomic E-state index is -0.871. The van der Waals surface area contributed by atoms with Crippen molar-refractivity contribution < 1.29 is 9.60 Å². The largest absolute Gasteiger partial charge is 0.421 e. The summed E-state index contributed by atoms with van der Waals surface area (Å²) in [5.74, 6) is 0.00385. The van der Waals surface area contributed by atoms with Gasteiger partial charge < -0.3 is 15.4 Å². The SMILES string of the molecule is O=c1c2cc(F)c(N3CC4CCCNC4C3)cc2n(C2CC2)c(=O)n1O. The first-order valence-electron chi connectivity index (χ1n) is 9.23. The van der Waals surface area contributed by atoms with E-state index in [1.165, 1.54) is 4.57 Å². The van der Waals surface area contributed by atoms with Crippen molar-refractivity contribution in [2.75, 3.05) is 24.5 Å². The Morgan fingerprint density at radius 1 is 1.15 bits per heavy atom. The van der Waals surface area contributed by atoms with Crippen LogP contribution in [0.15, 0.2) is 21.7 Å². The third-order valence-corrected chi connectivity index (χ3v) is 5.99. The van der Waals surface area contributed by atoms with Crippen LogP contribution in [0.4, 0.5) is 10.1 Å². The highest BCUT2D eigenvalue weighted by molar-refractivity contribution is 5.83.